The normalized spacial score (nSPS) is 22.7. The largest absolute Gasteiger partial charge is 0.335 e. The van der Waals surface area contributed by atoms with E-state index >= 15 is 0 Å². The van der Waals surface area contributed by atoms with Crippen LogP contribution < -0.4 is 16.0 Å². The molecule has 1 aliphatic heterocycles. The minimum Gasteiger partial charge on any atom is -0.335 e. The summed E-state index contributed by atoms with van der Waals surface area (Å²) < 4.78 is 0. The molecule has 4 heteroatoms. The number of nitrogens with one attached hydrogen (secondary N) is 3. The van der Waals surface area contributed by atoms with Gasteiger partial charge in [-0.1, -0.05) is 19.4 Å². The molecule has 0 aliphatic carbocycles. The highest BCUT2D eigenvalue weighted by Crippen LogP contribution is 2.28. The lowest BCUT2D eigenvalue weighted by molar-refractivity contribution is 0.148. The van der Waals surface area contributed by atoms with Crippen molar-refractivity contribution in [2.24, 2.45) is 5.92 Å². The molecule has 1 rings (SSSR count). The predicted octanol–water partition coefficient (Wildman–Crippen LogP) is 3.15. The van der Waals surface area contributed by atoms with Crippen LogP contribution in [-0.4, -0.2) is 23.2 Å². The summed E-state index contributed by atoms with van der Waals surface area (Å²) in [6.45, 7) is 15.0. The van der Waals surface area contributed by atoms with Gasteiger partial charge in [-0.3, -0.25) is 0 Å². The predicted molar refractivity (Wildman–Crippen MR) is 84.6 cm³/mol. The van der Waals surface area contributed by atoms with E-state index in [4.69, 9.17) is 0 Å². The Kier molecular flexibility index (Phi) is 5.25. The van der Waals surface area contributed by atoms with E-state index in [9.17, 15) is 4.79 Å². The van der Waals surface area contributed by atoms with Crippen molar-refractivity contribution in [2.75, 3.05) is 0 Å². The lowest BCUT2D eigenvalue weighted by atomic mass is 9.80. The molecule has 116 valence electrons. The lowest BCUT2D eigenvalue weighted by Crippen LogP contribution is -2.62. The molecule has 20 heavy (non-hydrogen) atoms. The van der Waals surface area contributed by atoms with E-state index in [0.29, 0.717) is 5.92 Å². The molecule has 2 amide bonds. The van der Waals surface area contributed by atoms with Gasteiger partial charge >= 0.3 is 6.03 Å². The molecule has 1 aliphatic rings. The Morgan fingerprint density at radius 3 is 2.15 bits per heavy atom. The van der Waals surface area contributed by atoms with Gasteiger partial charge in [0.05, 0.1) is 0 Å². The summed E-state index contributed by atoms with van der Waals surface area (Å²) in [7, 11) is 0. The van der Waals surface area contributed by atoms with Crippen LogP contribution in [0.4, 0.5) is 4.79 Å². The molecule has 3 N–H and O–H groups in total. The molecule has 0 atom stereocenters. The van der Waals surface area contributed by atoms with Gasteiger partial charge in [-0.25, -0.2) is 4.79 Å². The molecule has 1 heterocycles. The second-order valence-corrected chi connectivity index (χ2v) is 7.66. The zero-order chi connectivity index (χ0) is 15.6. The highest BCUT2D eigenvalue weighted by Gasteiger charge is 2.38. The van der Waals surface area contributed by atoms with E-state index in [1.54, 1.807) is 6.20 Å². The number of hydrogen-bond donors (Lipinski definition) is 3. The molecular weight excluding hydrogens is 250 g/mol. The number of rotatable bonds is 3. The minimum absolute atomic E-state index is 0.0450. The highest BCUT2D eigenvalue weighted by atomic mass is 16.2. The van der Waals surface area contributed by atoms with E-state index in [1.807, 2.05) is 6.92 Å². The third kappa shape index (κ3) is 5.53. The summed E-state index contributed by atoms with van der Waals surface area (Å²) in [4.78, 5) is 12.0. The molecule has 0 bridgehead atoms. The van der Waals surface area contributed by atoms with Crippen LogP contribution >= 0.6 is 0 Å². The molecule has 0 aromatic carbocycles. The van der Waals surface area contributed by atoms with Crippen LogP contribution in [0.2, 0.25) is 0 Å². The third-order valence-electron chi connectivity index (χ3n) is 3.87. The maximum atomic E-state index is 12.0. The topological polar surface area (TPSA) is 53.2 Å². The van der Waals surface area contributed by atoms with Gasteiger partial charge in [0.2, 0.25) is 0 Å². The molecule has 0 aromatic rings. The van der Waals surface area contributed by atoms with Crippen molar-refractivity contribution < 1.29 is 4.79 Å². The van der Waals surface area contributed by atoms with Crippen LogP contribution in [0.1, 0.15) is 61.3 Å². The summed E-state index contributed by atoms with van der Waals surface area (Å²) in [5.41, 5.74) is 1.26. The van der Waals surface area contributed by atoms with Crippen molar-refractivity contribution >= 4 is 6.03 Å². The second kappa shape index (κ2) is 6.17. The highest BCUT2D eigenvalue weighted by molar-refractivity contribution is 5.75. The Bertz CT molecular complexity index is 367. The number of allylic oxidation sites excluding steroid dienone is 1. The van der Waals surface area contributed by atoms with E-state index in [2.05, 4.69) is 57.5 Å². The van der Waals surface area contributed by atoms with Gasteiger partial charge in [0, 0.05) is 23.3 Å². The first kappa shape index (κ1) is 17.0. The Labute approximate surface area is 123 Å². The zero-order valence-corrected chi connectivity index (χ0v) is 14.1. The van der Waals surface area contributed by atoms with E-state index < -0.39 is 0 Å². The van der Waals surface area contributed by atoms with Crippen molar-refractivity contribution in [1.29, 1.82) is 0 Å². The SMILES string of the molecule is C/C(=C\NC(=O)NC1CC(C)(C)NC(C)(C)C1)C(C)C. The molecule has 1 fully saturated rings. The summed E-state index contributed by atoms with van der Waals surface area (Å²) in [5.74, 6) is 0.451. The maximum Gasteiger partial charge on any atom is 0.318 e. The number of urea groups is 1. The van der Waals surface area contributed by atoms with Gasteiger partial charge in [0.15, 0.2) is 0 Å². The van der Waals surface area contributed by atoms with Crippen LogP contribution in [0.15, 0.2) is 11.8 Å². The first-order valence-electron chi connectivity index (χ1n) is 7.54. The van der Waals surface area contributed by atoms with Crippen LogP contribution in [0.3, 0.4) is 0 Å². The maximum absolute atomic E-state index is 12.0. The average molecular weight is 281 g/mol. The number of hydrogen-bond acceptors (Lipinski definition) is 2. The third-order valence-corrected chi connectivity index (χ3v) is 3.87. The zero-order valence-electron chi connectivity index (χ0n) is 14.1. The van der Waals surface area contributed by atoms with Gasteiger partial charge in [-0.15, -0.1) is 0 Å². The molecule has 0 unspecified atom stereocenters. The fourth-order valence-corrected chi connectivity index (χ4v) is 3.00. The molecule has 0 saturated carbocycles. The lowest BCUT2D eigenvalue weighted by Gasteiger charge is -2.46. The van der Waals surface area contributed by atoms with Gasteiger partial charge < -0.3 is 16.0 Å². The second-order valence-electron chi connectivity index (χ2n) is 7.66. The summed E-state index contributed by atoms with van der Waals surface area (Å²) in [6.07, 6.45) is 3.69. The first-order valence-corrected chi connectivity index (χ1v) is 7.54. The molecule has 0 spiro atoms. The van der Waals surface area contributed by atoms with E-state index in [0.717, 1.165) is 12.8 Å². The van der Waals surface area contributed by atoms with Crippen molar-refractivity contribution in [1.82, 2.24) is 16.0 Å². The van der Waals surface area contributed by atoms with Crippen molar-refractivity contribution in [3.05, 3.63) is 11.8 Å². The van der Waals surface area contributed by atoms with E-state index in [1.165, 1.54) is 5.57 Å². The van der Waals surface area contributed by atoms with Crippen LogP contribution in [0, 0.1) is 5.92 Å². The van der Waals surface area contributed by atoms with Gasteiger partial charge in [-0.05, 0) is 53.4 Å². The molecule has 1 saturated heterocycles. The summed E-state index contributed by atoms with van der Waals surface area (Å²) in [6, 6.07) is 0.0949. The number of amides is 2. The Hall–Kier alpha value is -1.03. The summed E-state index contributed by atoms with van der Waals surface area (Å²) >= 11 is 0. The van der Waals surface area contributed by atoms with Crippen molar-refractivity contribution in [2.45, 2.75) is 78.4 Å². The quantitative estimate of drug-likeness (QED) is 0.744. The van der Waals surface area contributed by atoms with Gasteiger partial charge in [0.25, 0.3) is 0 Å². The molecule has 0 radical (unpaired) electrons. The fraction of sp³-hybridized carbons (Fsp3) is 0.812. The van der Waals surface area contributed by atoms with Gasteiger partial charge in [0.1, 0.15) is 0 Å². The Morgan fingerprint density at radius 1 is 1.20 bits per heavy atom. The minimum atomic E-state index is -0.108. The van der Waals surface area contributed by atoms with Crippen molar-refractivity contribution in [3.63, 3.8) is 0 Å². The van der Waals surface area contributed by atoms with E-state index in [-0.39, 0.29) is 23.2 Å². The molecule has 4 nitrogen and oxygen atoms in total. The Balaban J connectivity index is 2.56. The molecular formula is C16H31N3O. The Morgan fingerprint density at radius 2 is 1.70 bits per heavy atom. The summed E-state index contributed by atoms with van der Waals surface area (Å²) in [5, 5.41) is 9.54. The molecule has 0 aromatic heterocycles. The average Bonchev–Trinajstić information content (AvgIpc) is 2.20. The van der Waals surface area contributed by atoms with Crippen molar-refractivity contribution in [3.8, 4) is 0 Å². The van der Waals surface area contributed by atoms with Crippen LogP contribution in [-0.2, 0) is 0 Å². The van der Waals surface area contributed by atoms with Crippen LogP contribution in [0.5, 0.6) is 0 Å². The smallest absolute Gasteiger partial charge is 0.318 e. The standard InChI is InChI=1S/C16H31N3O/c1-11(2)12(3)10-17-14(20)18-13-8-15(4,5)19-16(6,7)9-13/h10-11,13,19H,8-9H2,1-7H3,(H2,17,18,20)/b12-10+. The number of carbonyl (C=O) groups is 1. The first-order chi connectivity index (χ1) is 9.01. The van der Waals surface area contributed by atoms with Gasteiger partial charge in [-0.2, -0.15) is 0 Å². The number of carbonyl (C=O) groups excluding carboxylic acids is 1. The monoisotopic (exact) mass is 281 g/mol. The van der Waals surface area contributed by atoms with Crippen LogP contribution in [0.25, 0.3) is 0 Å². The fourth-order valence-electron chi connectivity index (χ4n) is 3.00. The number of piperidine rings is 1.